The lowest BCUT2D eigenvalue weighted by atomic mass is 10.0. The van der Waals surface area contributed by atoms with Gasteiger partial charge in [-0.25, -0.2) is 0 Å². The molecule has 104 valence electrons. The minimum atomic E-state index is 0.317. The van der Waals surface area contributed by atoms with Gasteiger partial charge < -0.3 is 10.1 Å². The number of aromatic nitrogens is 3. The maximum absolute atomic E-state index is 5.30. The van der Waals surface area contributed by atoms with E-state index in [0.717, 1.165) is 37.9 Å². The smallest absolute Gasteiger partial charge is 0.0842 e. The first-order valence-electron chi connectivity index (χ1n) is 6.77. The van der Waals surface area contributed by atoms with Crippen molar-refractivity contribution in [3.63, 3.8) is 0 Å². The number of methoxy groups -OCH3 is 1. The van der Waals surface area contributed by atoms with Crippen LogP contribution >= 0.6 is 0 Å². The first kappa shape index (κ1) is 15.1. The highest BCUT2D eigenvalue weighted by molar-refractivity contribution is 4.95. The van der Waals surface area contributed by atoms with Gasteiger partial charge in [-0.1, -0.05) is 12.1 Å². The number of rotatable bonds is 9. The fourth-order valence-corrected chi connectivity index (χ4v) is 1.92. The summed E-state index contributed by atoms with van der Waals surface area (Å²) in [5.74, 6) is 0. The predicted molar refractivity (Wildman–Crippen MR) is 72.5 cm³/mol. The molecule has 5 nitrogen and oxygen atoms in total. The van der Waals surface area contributed by atoms with E-state index in [1.807, 2.05) is 13.2 Å². The van der Waals surface area contributed by atoms with E-state index in [0.29, 0.717) is 12.1 Å². The van der Waals surface area contributed by atoms with Gasteiger partial charge >= 0.3 is 0 Å². The molecule has 0 aliphatic rings. The van der Waals surface area contributed by atoms with Crippen molar-refractivity contribution in [2.24, 2.45) is 7.05 Å². The van der Waals surface area contributed by atoms with Crippen LogP contribution in [0.1, 0.15) is 38.8 Å². The lowest BCUT2D eigenvalue weighted by Crippen LogP contribution is -2.32. The predicted octanol–water partition coefficient (Wildman–Crippen LogP) is 1.54. The molecular formula is C13H26N4O. The molecule has 0 bridgehead atoms. The molecule has 1 aromatic rings. The molecule has 0 saturated heterocycles. The number of ether oxygens (including phenoxy) is 1. The zero-order chi connectivity index (χ0) is 13.4. The van der Waals surface area contributed by atoms with Gasteiger partial charge in [0.15, 0.2) is 0 Å². The molecule has 18 heavy (non-hydrogen) atoms. The Morgan fingerprint density at radius 3 is 2.78 bits per heavy atom. The molecule has 1 heterocycles. The number of hydrogen-bond acceptors (Lipinski definition) is 4. The minimum absolute atomic E-state index is 0.317. The van der Waals surface area contributed by atoms with Gasteiger partial charge in [-0.15, -0.1) is 5.10 Å². The zero-order valence-electron chi connectivity index (χ0n) is 12.0. The molecule has 0 fully saturated rings. The summed E-state index contributed by atoms with van der Waals surface area (Å²) in [5, 5.41) is 11.7. The van der Waals surface area contributed by atoms with Crippen LogP contribution in [0.15, 0.2) is 6.20 Å². The Morgan fingerprint density at radius 1 is 1.44 bits per heavy atom. The molecular weight excluding hydrogens is 228 g/mol. The van der Waals surface area contributed by atoms with Crippen LogP contribution in [0.4, 0.5) is 0 Å². The number of hydrogen-bond donors (Lipinski definition) is 1. The van der Waals surface area contributed by atoms with E-state index in [9.17, 15) is 0 Å². The summed E-state index contributed by atoms with van der Waals surface area (Å²) >= 11 is 0. The van der Waals surface area contributed by atoms with E-state index < -0.39 is 0 Å². The lowest BCUT2D eigenvalue weighted by Gasteiger charge is -2.19. The highest BCUT2D eigenvalue weighted by Crippen LogP contribution is 2.08. The lowest BCUT2D eigenvalue weighted by molar-refractivity contribution is 0.106. The first-order valence-corrected chi connectivity index (χ1v) is 6.77. The third-order valence-electron chi connectivity index (χ3n) is 3.11. The van der Waals surface area contributed by atoms with E-state index in [4.69, 9.17) is 4.74 Å². The SMILES string of the molecule is CCCNC(CCC(C)OC)Cc1cn(C)nn1. The van der Waals surface area contributed by atoms with Crippen molar-refractivity contribution in [1.82, 2.24) is 20.3 Å². The molecule has 0 saturated carbocycles. The number of nitrogens with one attached hydrogen (secondary N) is 1. The normalized spacial score (nSPS) is 14.7. The Bertz CT molecular complexity index is 327. The Balaban J connectivity index is 2.44. The summed E-state index contributed by atoms with van der Waals surface area (Å²) in [7, 11) is 3.67. The molecule has 0 aliphatic carbocycles. The van der Waals surface area contributed by atoms with Crippen molar-refractivity contribution in [1.29, 1.82) is 0 Å². The molecule has 2 unspecified atom stereocenters. The molecule has 1 N–H and O–H groups in total. The Hall–Kier alpha value is -0.940. The molecule has 1 aromatic heterocycles. The van der Waals surface area contributed by atoms with Crippen molar-refractivity contribution in [2.45, 2.75) is 51.7 Å². The summed E-state index contributed by atoms with van der Waals surface area (Å²) in [4.78, 5) is 0. The van der Waals surface area contributed by atoms with Crippen molar-refractivity contribution >= 4 is 0 Å². The van der Waals surface area contributed by atoms with Gasteiger partial charge in [-0.3, -0.25) is 4.68 Å². The summed E-state index contributed by atoms with van der Waals surface area (Å²) in [5.41, 5.74) is 1.05. The molecule has 0 aromatic carbocycles. The second-order valence-electron chi connectivity index (χ2n) is 4.86. The molecule has 0 spiro atoms. The highest BCUT2D eigenvalue weighted by atomic mass is 16.5. The maximum Gasteiger partial charge on any atom is 0.0842 e. The minimum Gasteiger partial charge on any atom is -0.382 e. The number of aryl methyl sites for hydroxylation is 1. The number of nitrogens with zero attached hydrogens (tertiary/aromatic N) is 3. The molecule has 2 atom stereocenters. The second kappa shape index (κ2) is 8.21. The summed E-state index contributed by atoms with van der Waals surface area (Å²) in [6.45, 7) is 5.34. The van der Waals surface area contributed by atoms with Crippen molar-refractivity contribution in [3.8, 4) is 0 Å². The summed E-state index contributed by atoms with van der Waals surface area (Å²) in [6, 6.07) is 0.458. The van der Waals surface area contributed by atoms with E-state index in [1.54, 1.807) is 11.8 Å². The molecule has 5 heteroatoms. The van der Waals surface area contributed by atoms with Gasteiger partial charge in [0.25, 0.3) is 0 Å². The summed E-state index contributed by atoms with van der Waals surface area (Å²) in [6.07, 6.45) is 6.56. The van der Waals surface area contributed by atoms with Gasteiger partial charge in [-0.2, -0.15) is 0 Å². The van der Waals surface area contributed by atoms with Gasteiger partial charge in [0, 0.05) is 32.8 Å². The molecule has 0 radical (unpaired) electrons. The van der Waals surface area contributed by atoms with E-state index >= 15 is 0 Å². The molecule has 0 amide bonds. The largest absolute Gasteiger partial charge is 0.382 e. The van der Waals surface area contributed by atoms with Crippen LogP contribution in [-0.4, -0.2) is 40.8 Å². The molecule has 0 aliphatic heterocycles. The topological polar surface area (TPSA) is 52.0 Å². The fourth-order valence-electron chi connectivity index (χ4n) is 1.92. The van der Waals surface area contributed by atoms with Gasteiger partial charge in [0.1, 0.15) is 0 Å². The average molecular weight is 254 g/mol. The van der Waals surface area contributed by atoms with Crippen LogP contribution in [0.25, 0.3) is 0 Å². The van der Waals surface area contributed by atoms with Gasteiger partial charge in [0.05, 0.1) is 11.8 Å². The van der Waals surface area contributed by atoms with Crippen LogP contribution in [0, 0.1) is 0 Å². The maximum atomic E-state index is 5.30. The third kappa shape index (κ3) is 5.60. The van der Waals surface area contributed by atoms with Crippen LogP contribution in [0.5, 0.6) is 0 Å². The zero-order valence-corrected chi connectivity index (χ0v) is 12.0. The monoisotopic (exact) mass is 254 g/mol. The highest BCUT2D eigenvalue weighted by Gasteiger charge is 2.12. The standard InChI is InChI=1S/C13H26N4O/c1-5-8-14-12(7-6-11(2)18-4)9-13-10-17(3)16-15-13/h10-12,14H,5-9H2,1-4H3. The first-order chi connectivity index (χ1) is 8.65. The third-order valence-corrected chi connectivity index (χ3v) is 3.11. The van der Waals surface area contributed by atoms with E-state index in [-0.39, 0.29) is 0 Å². The summed E-state index contributed by atoms with van der Waals surface area (Å²) < 4.78 is 7.05. The van der Waals surface area contributed by atoms with Crippen LogP contribution in [0.3, 0.4) is 0 Å². The van der Waals surface area contributed by atoms with Crippen LogP contribution in [0.2, 0.25) is 0 Å². The second-order valence-corrected chi connectivity index (χ2v) is 4.86. The average Bonchev–Trinajstić information content (AvgIpc) is 2.77. The van der Waals surface area contributed by atoms with Crippen molar-refractivity contribution in [3.05, 3.63) is 11.9 Å². The van der Waals surface area contributed by atoms with Gasteiger partial charge in [-0.05, 0) is 32.7 Å². The van der Waals surface area contributed by atoms with Crippen LogP contribution < -0.4 is 5.32 Å². The Morgan fingerprint density at radius 2 is 2.22 bits per heavy atom. The fraction of sp³-hybridized carbons (Fsp3) is 0.846. The van der Waals surface area contributed by atoms with E-state index in [1.165, 1.54) is 0 Å². The quantitative estimate of drug-likeness (QED) is 0.726. The van der Waals surface area contributed by atoms with Gasteiger partial charge in [0.2, 0.25) is 0 Å². The van der Waals surface area contributed by atoms with Crippen LogP contribution in [-0.2, 0) is 18.2 Å². The molecule has 1 rings (SSSR count). The van der Waals surface area contributed by atoms with Crippen molar-refractivity contribution < 1.29 is 4.74 Å². The Kier molecular flexibility index (Phi) is 6.90. The van der Waals surface area contributed by atoms with Crippen molar-refractivity contribution in [2.75, 3.05) is 13.7 Å². The Labute approximate surface area is 110 Å². The van der Waals surface area contributed by atoms with E-state index in [2.05, 4.69) is 29.5 Å².